The first-order valence-corrected chi connectivity index (χ1v) is 10.5. The fraction of sp³-hybridized carbons (Fsp3) is 0.545. The van der Waals surface area contributed by atoms with Crippen molar-refractivity contribution < 1.29 is 29.4 Å². The Morgan fingerprint density at radius 2 is 0.900 bits per heavy atom. The van der Waals surface area contributed by atoms with E-state index in [9.17, 15) is 29.4 Å². The Hall–Kier alpha value is -2.90. The van der Waals surface area contributed by atoms with E-state index in [0.29, 0.717) is 37.1 Å². The van der Waals surface area contributed by atoms with E-state index in [-0.39, 0.29) is 11.8 Å². The first-order valence-electron chi connectivity index (χ1n) is 10.5. The minimum Gasteiger partial charge on any atom is -0.481 e. The molecule has 0 heterocycles. The first-order chi connectivity index (χ1) is 14.4. The summed E-state index contributed by atoms with van der Waals surface area (Å²) in [4.78, 5) is 47.9. The van der Waals surface area contributed by atoms with Crippen LogP contribution in [0.2, 0.25) is 0 Å². The number of carbonyl (C=O) groups excluding carboxylic acids is 2. The van der Waals surface area contributed by atoms with Gasteiger partial charge < -0.3 is 20.8 Å². The second kappa shape index (κ2) is 9.73. The van der Waals surface area contributed by atoms with Crippen LogP contribution in [0.15, 0.2) is 24.3 Å². The van der Waals surface area contributed by atoms with Gasteiger partial charge in [0, 0.05) is 11.4 Å². The van der Waals surface area contributed by atoms with Crippen molar-refractivity contribution in [3.05, 3.63) is 24.3 Å². The maximum atomic E-state index is 12.6. The molecule has 0 spiro atoms. The molecule has 3 rings (SSSR count). The van der Waals surface area contributed by atoms with Crippen LogP contribution >= 0.6 is 0 Å². The number of anilines is 2. The average Bonchev–Trinajstić information content (AvgIpc) is 2.75. The van der Waals surface area contributed by atoms with Crippen LogP contribution in [-0.4, -0.2) is 34.0 Å². The zero-order valence-corrected chi connectivity index (χ0v) is 16.8. The van der Waals surface area contributed by atoms with Crippen LogP contribution in [0.25, 0.3) is 0 Å². The molecule has 0 unspecified atom stereocenters. The van der Waals surface area contributed by atoms with Gasteiger partial charge in [0.1, 0.15) is 0 Å². The van der Waals surface area contributed by atoms with E-state index in [1.54, 1.807) is 24.3 Å². The third-order valence-electron chi connectivity index (χ3n) is 6.26. The highest BCUT2D eigenvalue weighted by molar-refractivity contribution is 5.97. The Labute approximate surface area is 175 Å². The van der Waals surface area contributed by atoms with E-state index in [2.05, 4.69) is 10.6 Å². The van der Waals surface area contributed by atoms with E-state index < -0.39 is 35.6 Å². The van der Waals surface area contributed by atoms with Gasteiger partial charge in [0.05, 0.1) is 23.7 Å². The average molecular weight is 416 g/mol. The number of nitrogens with one attached hydrogen (secondary N) is 2. The van der Waals surface area contributed by atoms with E-state index in [1.807, 2.05) is 0 Å². The zero-order chi connectivity index (χ0) is 21.7. The van der Waals surface area contributed by atoms with Crippen LogP contribution in [0.3, 0.4) is 0 Å². The Morgan fingerprint density at radius 3 is 1.20 bits per heavy atom. The van der Waals surface area contributed by atoms with Crippen LogP contribution in [0, 0.1) is 23.7 Å². The summed E-state index contributed by atoms with van der Waals surface area (Å²) >= 11 is 0. The fourth-order valence-corrected chi connectivity index (χ4v) is 4.59. The van der Waals surface area contributed by atoms with E-state index in [1.165, 1.54) is 0 Å². The number of carbonyl (C=O) groups is 4. The molecule has 2 saturated carbocycles. The van der Waals surface area contributed by atoms with E-state index in [4.69, 9.17) is 0 Å². The highest BCUT2D eigenvalue weighted by Gasteiger charge is 2.36. The standard InChI is InChI=1S/C22H28N2O6/c25-19(15-5-1-3-7-17(15)21(27)28)23-13-9-11-14(12-10-13)24-20(26)16-6-2-4-8-18(16)22(29)30/h9-12,15-18H,1-8H2,(H,23,25)(H,24,26)(H,27,28)(H,29,30)/t15-,16-,17-,18+/m1/s1. The number of carboxylic acid groups (broad SMARTS) is 2. The lowest BCUT2D eigenvalue weighted by Gasteiger charge is -2.27. The lowest BCUT2D eigenvalue weighted by Crippen LogP contribution is -2.36. The molecule has 2 aliphatic rings. The lowest BCUT2D eigenvalue weighted by atomic mass is 9.78. The molecule has 2 amide bonds. The smallest absolute Gasteiger partial charge is 0.307 e. The molecule has 0 saturated heterocycles. The largest absolute Gasteiger partial charge is 0.481 e. The van der Waals surface area contributed by atoms with Gasteiger partial charge in [-0.3, -0.25) is 19.2 Å². The first kappa shape index (κ1) is 21.8. The minimum atomic E-state index is -0.935. The molecule has 4 atom stereocenters. The number of rotatable bonds is 6. The molecule has 1 aromatic rings. The van der Waals surface area contributed by atoms with Gasteiger partial charge in [-0.25, -0.2) is 0 Å². The van der Waals surface area contributed by atoms with Crippen molar-refractivity contribution >= 4 is 35.1 Å². The molecule has 30 heavy (non-hydrogen) atoms. The van der Waals surface area contributed by atoms with Crippen LogP contribution in [0.1, 0.15) is 51.4 Å². The molecule has 0 aromatic heterocycles. The van der Waals surface area contributed by atoms with Gasteiger partial charge in [-0.15, -0.1) is 0 Å². The number of benzene rings is 1. The molecule has 8 nitrogen and oxygen atoms in total. The summed E-state index contributed by atoms with van der Waals surface area (Å²) in [6, 6.07) is 6.56. The Kier molecular flexibility index (Phi) is 7.07. The molecule has 0 aliphatic heterocycles. The maximum absolute atomic E-state index is 12.6. The predicted molar refractivity (Wildman–Crippen MR) is 110 cm³/mol. The molecular formula is C22H28N2O6. The van der Waals surface area contributed by atoms with Gasteiger partial charge in [-0.2, -0.15) is 0 Å². The monoisotopic (exact) mass is 416 g/mol. The topological polar surface area (TPSA) is 133 Å². The molecule has 8 heteroatoms. The van der Waals surface area contributed by atoms with Crippen LogP contribution < -0.4 is 10.6 Å². The van der Waals surface area contributed by atoms with Gasteiger partial charge in [-0.1, -0.05) is 25.7 Å². The lowest BCUT2D eigenvalue weighted by molar-refractivity contribution is -0.148. The second-order valence-electron chi connectivity index (χ2n) is 8.23. The molecule has 0 bridgehead atoms. The third-order valence-corrected chi connectivity index (χ3v) is 6.26. The van der Waals surface area contributed by atoms with Crippen LogP contribution in [0.4, 0.5) is 11.4 Å². The van der Waals surface area contributed by atoms with Gasteiger partial charge in [0.15, 0.2) is 0 Å². The summed E-state index contributed by atoms with van der Waals surface area (Å²) in [6.07, 6.45) is 5.45. The minimum absolute atomic E-state index is 0.301. The Balaban J connectivity index is 1.59. The SMILES string of the molecule is O=C(O)[C@H]1CCCC[C@H]1C(=O)Nc1ccc(NC(=O)[C@@H]2CCCC[C@H]2C(=O)O)cc1. The van der Waals surface area contributed by atoms with Gasteiger partial charge in [0.25, 0.3) is 0 Å². The molecule has 162 valence electrons. The summed E-state index contributed by atoms with van der Waals surface area (Å²) in [7, 11) is 0. The van der Waals surface area contributed by atoms with Crippen molar-refractivity contribution in [2.24, 2.45) is 23.7 Å². The summed E-state index contributed by atoms with van der Waals surface area (Å²) < 4.78 is 0. The second-order valence-corrected chi connectivity index (χ2v) is 8.23. The Bertz CT molecular complexity index is 739. The van der Waals surface area contributed by atoms with Crippen LogP contribution in [0.5, 0.6) is 0 Å². The number of carboxylic acids is 2. The molecule has 2 aliphatic carbocycles. The van der Waals surface area contributed by atoms with Crippen molar-refractivity contribution in [3.8, 4) is 0 Å². The highest BCUT2D eigenvalue weighted by Crippen LogP contribution is 2.32. The van der Waals surface area contributed by atoms with Crippen molar-refractivity contribution in [1.29, 1.82) is 0 Å². The van der Waals surface area contributed by atoms with Gasteiger partial charge in [0.2, 0.25) is 11.8 Å². The molecule has 4 N–H and O–H groups in total. The summed E-state index contributed by atoms with van der Waals surface area (Å²) in [5.74, 6) is -4.88. The summed E-state index contributed by atoms with van der Waals surface area (Å²) in [5, 5.41) is 24.2. The summed E-state index contributed by atoms with van der Waals surface area (Å²) in [6.45, 7) is 0. The Morgan fingerprint density at radius 1 is 0.600 bits per heavy atom. The highest BCUT2D eigenvalue weighted by atomic mass is 16.4. The number of hydrogen-bond acceptors (Lipinski definition) is 4. The molecule has 0 radical (unpaired) electrons. The zero-order valence-electron chi connectivity index (χ0n) is 16.8. The third kappa shape index (κ3) is 5.17. The molecule has 1 aromatic carbocycles. The van der Waals surface area contributed by atoms with Gasteiger partial charge >= 0.3 is 11.9 Å². The van der Waals surface area contributed by atoms with Gasteiger partial charge in [-0.05, 0) is 49.9 Å². The number of hydrogen-bond donors (Lipinski definition) is 4. The van der Waals surface area contributed by atoms with Crippen molar-refractivity contribution in [2.75, 3.05) is 10.6 Å². The van der Waals surface area contributed by atoms with E-state index >= 15 is 0 Å². The van der Waals surface area contributed by atoms with E-state index in [0.717, 1.165) is 25.7 Å². The molecular weight excluding hydrogens is 388 g/mol. The quantitative estimate of drug-likeness (QED) is 0.562. The maximum Gasteiger partial charge on any atom is 0.307 e. The van der Waals surface area contributed by atoms with Crippen molar-refractivity contribution in [3.63, 3.8) is 0 Å². The van der Waals surface area contributed by atoms with Crippen LogP contribution in [-0.2, 0) is 19.2 Å². The number of aliphatic carboxylic acids is 2. The van der Waals surface area contributed by atoms with Crippen molar-refractivity contribution in [2.45, 2.75) is 51.4 Å². The normalized spacial score (nSPS) is 26.4. The molecule has 2 fully saturated rings. The number of amides is 2. The van der Waals surface area contributed by atoms with Crippen molar-refractivity contribution in [1.82, 2.24) is 0 Å². The fourth-order valence-electron chi connectivity index (χ4n) is 4.59. The predicted octanol–water partition coefficient (Wildman–Crippen LogP) is 3.35. The summed E-state index contributed by atoms with van der Waals surface area (Å²) in [5.41, 5.74) is 1.04.